The molecule has 1 fully saturated rings. The summed E-state index contributed by atoms with van der Waals surface area (Å²) in [5.41, 5.74) is 0.0884. The van der Waals surface area contributed by atoms with Crippen LogP contribution in [0.2, 0.25) is 0 Å². The Morgan fingerprint density at radius 1 is 1.50 bits per heavy atom. The van der Waals surface area contributed by atoms with Crippen molar-refractivity contribution >= 4 is 21.9 Å². The average Bonchev–Trinajstić information content (AvgIpc) is 2.38. The van der Waals surface area contributed by atoms with Crippen molar-refractivity contribution in [1.29, 1.82) is 0 Å². The number of carboxylic acid groups (broad SMARTS) is 1. The summed E-state index contributed by atoms with van der Waals surface area (Å²) in [5, 5.41) is 9.24. The molecule has 20 heavy (non-hydrogen) atoms. The van der Waals surface area contributed by atoms with Crippen LogP contribution in [0.15, 0.2) is 22.7 Å². The minimum Gasteiger partial charge on any atom is -0.481 e. The molecule has 1 unspecified atom stereocenters. The van der Waals surface area contributed by atoms with Gasteiger partial charge >= 0.3 is 5.97 Å². The van der Waals surface area contributed by atoms with Crippen LogP contribution in [0, 0.1) is 5.82 Å². The Morgan fingerprint density at radius 3 is 2.70 bits per heavy atom. The molecule has 4 nitrogen and oxygen atoms in total. The van der Waals surface area contributed by atoms with E-state index in [9.17, 15) is 14.3 Å². The molecule has 0 aromatic heterocycles. The smallest absolute Gasteiger partial charge is 0.305 e. The van der Waals surface area contributed by atoms with Gasteiger partial charge in [-0.15, -0.1) is 0 Å². The summed E-state index contributed by atoms with van der Waals surface area (Å²) >= 11 is 3.35. The molecule has 0 amide bonds. The summed E-state index contributed by atoms with van der Waals surface area (Å²) < 4.78 is 19.2. The molecule has 1 aromatic rings. The Labute approximate surface area is 125 Å². The zero-order chi connectivity index (χ0) is 14.8. The zero-order valence-corrected chi connectivity index (χ0v) is 12.8. The Kier molecular flexibility index (Phi) is 4.78. The van der Waals surface area contributed by atoms with Crippen LogP contribution in [0.3, 0.4) is 0 Å². The molecular weight excluding hydrogens is 329 g/mol. The number of aliphatic carboxylic acids is 1. The lowest BCUT2D eigenvalue weighted by molar-refractivity contribution is -0.141. The van der Waals surface area contributed by atoms with Gasteiger partial charge in [-0.1, -0.05) is 22.0 Å². The fourth-order valence-corrected chi connectivity index (χ4v) is 3.43. The van der Waals surface area contributed by atoms with E-state index >= 15 is 0 Å². The number of hydrogen-bond acceptors (Lipinski definition) is 3. The first-order chi connectivity index (χ1) is 9.43. The lowest BCUT2D eigenvalue weighted by Gasteiger charge is -2.43. The van der Waals surface area contributed by atoms with Gasteiger partial charge in [0.2, 0.25) is 0 Å². The number of benzene rings is 1. The van der Waals surface area contributed by atoms with Crippen molar-refractivity contribution < 1.29 is 19.0 Å². The quantitative estimate of drug-likeness (QED) is 0.911. The molecule has 0 saturated carbocycles. The SMILES string of the molecule is CC(CC(=O)O)(c1ccc(F)cc1Br)N1CCOCC1. The van der Waals surface area contributed by atoms with Crippen molar-refractivity contribution in [1.82, 2.24) is 4.90 Å². The number of halogens is 2. The van der Waals surface area contributed by atoms with Crippen molar-refractivity contribution in [3.05, 3.63) is 34.1 Å². The Morgan fingerprint density at radius 2 is 2.15 bits per heavy atom. The molecule has 0 spiro atoms. The summed E-state index contributed by atoms with van der Waals surface area (Å²) in [5.74, 6) is -1.23. The molecule has 1 aromatic carbocycles. The summed E-state index contributed by atoms with van der Waals surface area (Å²) in [4.78, 5) is 13.3. The minimum absolute atomic E-state index is 0.0444. The van der Waals surface area contributed by atoms with Crippen LogP contribution in [0.1, 0.15) is 18.9 Å². The number of nitrogens with zero attached hydrogens (tertiary/aromatic N) is 1. The monoisotopic (exact) mass is 345 g/mol. The molecule has 1 N–H and O–H groups in total. The number of ether oxygens (including phenoxy) is 1. The van der Waals surface area contributed by atoms with Crippen molar-refractivity contribution in [3.63, 3.8) is 0 Å². The Hall–Kier alpha value is -0.980. The van der Waals surface area contributed by atoms with Crippen LogP contribution in [-0.2, 0) is 15.1 Å². The summed E-state index contributed by atoms with van der Waals surface area (Å²) in [7, 11) is 0. The van der Waals surface area contributed by atoms with Crippen LogP contribution < -0.4 is 0 Å². The maximum Gasteiger partial charge on any atom is 0.305 e. The van der Waals surface area contributed by atoms with Crippen LogP contribution in [0.4, 0.5) is 4.39 Å². The maximum absolute atomic E-state index is 13.3. The largest absolute Gasteiger partial charge is 0.481 e. The van der Waals surface area contributed by atoms with Gasteiger partial charge in [0, 0.05) is 17.6 Å². The molecule has 1 aliphatic rings. The van der Waals surface area contributed by atoms with E-state index in [1.54, 1.807) is 6.07 Å². The first-order valence-corrected chi connectivity index (χ1v) is 7.23. The number of hydrogen-bond donors (Lipinski definition) is 1. The van der Waals surface area contributed by atoms with Crippen molar-refractivity contribution in [2.24, 2.45) is 0 Å². The van der Waals surface area contributed by atoms with Gasteiger partial charge in [-0.3, -0.25) is 9.69 Å². The predicted molar refractivity (Wildman–Crippen MR) is 76.1 cm³/mol. The summed E-state index contributed by atoms with van der Waals surface area (Å²) in [6.45, 7) is 4.35. The van der Waals surface area contributed by atoms with Crippen LogP contribution in [0.5, 0.6) is 0 Å². The van der Waals surface area contributed by atoms with E-state index in [4.69, 9.17) is 4.74 Å². The number of morpholine rings is 1. The molecule has 1 aliphatic heterocycles. The molecule has 110 valence electrons. The minimum atomic E-state index is -0.879. The molecule has 1 atom stereocenters. The van der Waals surface area contributed by atoms with Crippen LogP contribution >= 0.6 is 15.9 Å². The zero-order valence-electron chi connectivity index (χ0n) is 11.2. The van der Waals surface area contributed by atoms with E-state index in [1.165, 1.54) is 12.1 Å². The molecule has 6 heteroatoms. The van der Waals surface area contributed by atoms with Gasteiger partial charge in [0.05, 0.1) is 25.2 Å². The number of rotatable bonds is 4. The third-order valence-corrected chi connectivity index (χ3v) is 4.37. The molecule has 2 rings (SSSR count). The molecular formula is C14H17BrFNO3. The number of carboxylic acids is 1. The van der Waals surface area contributed by atoms with E-state index in [0.717, 1.165) is 5.56 Å². The van der Waals surface area contributed by atoms with E-state index < -0.39 is 11.5 Å². The van der Waals surface area contributed by atoms with E-state index in [1.807, 2.05) is 6.92 Å². The highest BCUT2D eigenvalue weighted by Crippen LogP contribution is 2.37. The standard InChI is InChI=1S/C14H17BrFNO3/c1-14(9-13(18)19,17-4-6-20-7-5-17)11-3-2-10(16)8-12(11)15/h2-3,8H,4-7,9H2,1H3,(H,18,19). The lowest BCUT2D eigenvalue weighted by atomic mass is 9.86. The van der Waals surface area contributed by atoms with Gasteiger partial charge in [0.15, 0.2) is 0 Å². The third-order valence-electron chi connectivity index (χ3n) is 3.72. The number of carbonyl (C=O) groups is 1. The molecule has 1 saturated heterocycles. The van der Waals surface area contributed by atoms with Crippen molar-refractivity contribution in [2.75, 3.05) is 26.3 Å². The van der Waals surface area contributed by atoms with Crippen molar-refractivity contribution in [3.8, 4) is 0 Å². The van der Waals surface area contributed by atoms with Crippen LogP contribution in [0.25, 0.3) is 0 Å². The predicted octanol–water partition coefficient (Wildman–Crippen LogP) is 2.61. The molecule has 0 aliphatic carbocycles. The molecule has 0 bridgehead atoms. The maximum atomic E-state index is 13.3. The van der Waals surface area contributed by atoms with Gasteiger partial charge in [0.1, 0.15) is 5.82 Å². The topological polar surface area (TPSA) is 49.8 Å². The Bertz CT molecular complexity index is 505. The second-order valence-electron chi connectivity index (χ2n) is 5.07. The third kappa shape index (κ3) is 3.19. The second kappa shape index (κ2) is 6.20. The highest BCUT2D eigenvalue weighted by atomic mass is 79.9. The van der Waals surface area contributed by atoms with Crippen LogP contribution in [-0.4, -0.2) is 42.3 Å². The highest BCUT2D eigenvalue weighted by Gasteiger charge is 2.38. The fraction of sp³-hybridized carbons (Fsp3) is 0.500. The van der Waals surface area contributed by atoms with Gasteiger partial charge in [-0.05, 0) is 24.6 Å². The lowest BCUT2D eigenvalue weighted by Crippen LogP contribution is -2.50. The van der Waals surface area contributed by atoms with E-state index in [0.29, 0.717) is 30.8 Å². The normalized spacial score (nSPS) is 19.6. The summed E-state index contributed by atoms with van der Waals surface area (Å²) in [6, 6.07) is 4.38. The van der Waals surface area contributed by atoms with E-state index in [-0.39, 0.29) is 12.2 Å². The summed E-state index contributed by atoms with van der Waals surface area (Å²) in [6.07, 6.45) is -0.0444. The Balaban J connectivity index is 2.41. The van der Waals surface area contributed by atoms with Gasteiger partial charge in [0.25, 0.3) is 0 Å². The fourth-order valence-electron chi connectivity index (χ4n) is 2.65. The second-order valence-corrected chi connectivity index (χ2v) is 5.92. The van der Waals surface area contributed by atoms with Gasteiger partial charge < -0.3 is 9.84 Å². The van der Waals surface area contributed by atoms with Gasteiger partial charge in [-0.25, -0.2) is 4.39 Å². The first-order valence-electron chi connectivity index (χ1n) is 6.43. The van der Waals surface area contributed by atoms with Crippen molar-refractivity contribution in [2.45, 2.75) is 18.9 Å². The first kappa shape index (κ1) is 15.4. The van der Waals surface area contributed by atoms with Gasteiger partial charge in [-0.2, -0.15) is 0 Å². The van der Waals surface area contributed by atoms with E-state index in [2.05, 4.69) is 20.8 Å². The molecule has 1 heterocycles. The highest BCUT2D eigenvalue weighted by molar-refractivity contribution is 9.10. The molecule has 0 radical (unpaired) electrons. The average molecular weight is 346 g/mol.